The second-order valence-corrected chi connectivity index (χ2v) is 9.90. The molecule has 0 atom stereocenters. The second-order valence-electron chi connectivity index (χ2n) is 7.67. The number of amides is 1. The van der Waals surface area contributed by atoms with Crippen molar-refractivity contribution in [1.29, 1.82) is 0 Å². The van der Waals surface area contributed by atoms with Crippen molar-refractivity contribution in [3.63, 3.8) is 0 Å². The summed E-state index contributed by atoms with van der Waals surface area (Å²) in [5.41, 5.74) is 7.41. The number of ether oxygens (including phenoxy) is 1. The average molecular weight is 512 g/mol. The molecule has 0 aliphatic carbocycles. The monoisotopic (exact) mass is 511 g/mol. The van der Waals surface area contributed by atoms with E-state index in [4.69, 9.17) is 22.1 Å². The van der Waals surface area contributed by atoms with Gasteiger partial charge in [0.2, 0.25) is 0 Å². The highest BCUT2D eigenvalue weighted by Gasteiger charge is 2.27. The Hall–Kier alpha value is -3.82. The number of nitrogens with one attached hydrogen (secondary N) is 1. The molecule has 0 saturated heterocycles. The summed E-state index contributed by atoms with van der Waals surface area (Å²) >= 11 is 6.10. The Balaban J connectivity index is 1.73. The standard InChI is InChI=1S/C25H22ClN3O5S/c1-2-34-24(30)13-16-8-10-21(20(27)12-16)28-25(31)23-15-17-14-18(26)9-11-22(17)29(23)35(32,33)19-6-4-3-5-7-19/h3-12,14-15H,2,13,27H2,1H3,(H,28,31). The number of nitrogens with two attached hydrogens (primary N) is 1. The van der Waals surface area contributed by atoms with Crippen LogP contribution in [0.1, 0.15) is 23.0 Å². The van der Waals surface area contributed by atoms with Crippen molar-refractivity contribution < 1.29 is 22.7 Å². The Morgan fingerprint density at radius 3 is 2.46 bits per heavy atom. The van der Waals surface area contributed by atoms with Crippen LogP contribution in [0.5, 0.6) is 0 Å². The van der Waals surface area contributed by atoms with Gasteiger partial charge in [-0.3, -0.25) is 9.59 Å². The maximum atomic E-state index is 13.5. The van der Waals surface area contributed by atoms with E-state index >= 15 is 0 Å². The van der Waals surface area contributed by atoms with Gasteiger partial charge in [-0.15, -0.1) is 0 Å². The van der Waals surface area contributed by atoms with Crippen LogP contribution in [0.25, 0.3) is 10.9 Å². The number of carbonyl (C=O) groups excluding carboxylic acids is 2. The molecule has 3 aromatic carbocycles. The first-order valence-electron chi connectivity index (χ1n) is 10.7. The maximum Gasteiger partial charge on any atom is 0.310 e. The molecule has 0 spiro atoms. The summed E-state index contributed by atoms with van der Waals surface area (Å²) in [5.74, 6) is -1.07. The van der Waals surface area contributed by atoms with Crippen molar-refractivity contribution in [1.82, 2.24) is 3.97 Å². The first kappa shape index (κ1) is 24.3. The third-order valence-electron chi connectivity index (χ3n) is 5.25. The molecule has 10 heteroatoms. The molecule has 1 aromatic heterocycles. The molecule has 1 heterocycles. The smallest absolute Gasteiger partial charge is 0.310 e. The SMILES string of the molecule is CCOC(=O)Cc1ccc(NC(=O)c2cc3cc(Cl)ccc3n2S(=O)(=O)c2ccccc2)c(N)c1. The number of anilines is 2. The van der Waals surface area contributed by atoms with Crippen molar-refractivity contribution in [2.45, 2.75) is 18.2 Å². The summed E-state index contributed by atoms with van der Waals surface area (Å²) < 4.78 is 33.0. The van der Waals surface area contributed by atoms with Crippen LogP contribution in [-0.4, -0.2) is 30.9 Å². The van der Waals surface area contributed by atoms with E-state index in [2.05, 4.69) is 5.32 Å². The summed E-state index contributed by atoms with van der Waals surface area (Å²) in [6.45, 7) is 1.99. The Morgan fingerprint density at radius 1 is 1.03 bits per heavy atom. The van der Waals surface area contributed by atoms with Gasteiger partial charge in [0.05, 0.1) is 34.8 Å². The lowest BCUT2D eigenvalue weighted by Gasteiger charge is -2.13. The van der Waals surface area contributed by atoms with Crippen LogP contribution >= 0.6 is 11.6 Å². The summed E-state index contributed by atoms with van der Waals surface area (Å²) in [5, 5.41) is 3.56. The lowest BCUT2D eigenvalue weighted by Crippen LogP contribution is -2.22. The minimum atomic E-state index is -4.11. The molecular formula is C25H22ClN3O5S. The normalized spacial score (nSPS) is 11.4. The van der Waals surface area contributed by atoms with Crippen LogP contribution in [0.2, 0.25) is 5.02 Å². The van der Waals surface area contributed by atoms with E-state index in [-0.39, 0.29) is 35.0 Å². The first-order chi connectivity index (χ1) is 16.7. The van der Waals surface area contributed by atoms with Crippen LogP contribution in [0, 0.1) is 0 Å². The number of hydrogen-bond acceptors (Lipinski definition) is 6. The zero-order valence-electron chi connectivity index (χ0n) is 18.7. The highest BCUT2D eigenvalue weighted by molar-refractivity contribution is 7.90. The van der Waals surface area contributed by atoms with Crippen LogP contribution in [0.15, 0.2) is 77.7 Å². The van der Waals surface area contributed by atoms with Gasteiger partial charge in [0.1, 0.15) is 5.69 Å². The molecular weight excluding hydrogens is 490 g/mol. The number of nitrogen functional groups attached to an aromatic ring is 1. The van der Waals surface area contributed by atoms with Crippen LogP contribution in [0.3, 0.4) is 0 Å². The van der Waals surface area contributed by atoms with E-state index in [0.717, 1.165) is 3.97 Å². The van der Waals surface area contributed by atoms with E-state index in [1.807, 2.05) is 0 Å². The molecule has 4 rings (SSSR count). The van der Waals surface area contributed by atoms with Crippen molar-refractivity contribution >= 4 is 55.8 Å². The van der Waals surface area contributed by atoms with Gasteiger partial charge in [0, 0.05) is 10.4 Å². The molecule has 0 unspecified atom stereocenters. The van der Waals surface area contributed by atoms with Gasteiger partial charge in [0.25, 0.3) is 15.9 Å². The van der Waals surface area contributed by atoms with Gasteiger partial charge in [-0.25, -0.2) is 12.4 Å². The second kappa shape index (κ2) is 9.81. The topological polar surface area (TPSA) is 120 Å². The number of fused-ring (bicyclic) bond motifs is 1. The predicted molar refractivity (Wildman–Crippen MR) is 135 cm³/mol. The zero-order valence-corrected chi connectivity index (χ0v) is 20.3. The van der Waals surface area contributed by atoms with Gasteiger partial charge in [-0.1, -0.05) is 35.9 Å². The highest BCUT2D eigenvalue weighted by Crippen LogP contribution is 2.29. The third kappa shape index (κ3) is 5.01. The number of halogens is 1. The number of benzene rings is 3. The third-order valence-corrected chi connectivity index (χ3v) is 7.23. The van der Waals surface area contributed by atoms with Gasteiger partial charge >= 0.3 is 5.97 Å². The number of nitrogens with zero attached hydrogens (tertiary/aromatic N) is 1. The lowest BCUT2D eigenvalue weighted by atomic mass is 10.1. The number of esters is 1. The fourth-order valence-corrected chi connectivity index (χ4v) is 5.39. The van der Waals surface area contributed by atoms with E-state index in [9.17, 15) is 18.0 Å². The quantitative estimate of drug-likeness (QED) is 0.279. The minimum Gasteiger partial charge on any atom is -0.466 e. The van der Waals surface area contributed by atoms with Gasteiger partial charge in [-0.2, -0.15) is 0 Å². The number of rotatable bonds is 7. The molecule has 35 heavy (non-hydrogen) atoms. The number of aromatic nitrogens is 1. The molecule has 180 valence electrons. The van der Waals surface area contributed by atoms with Crippen molar-refractivity contribution in [3.05, 3.63) is 89.1 Å². The number of carbonyl (C=O) groups is 2. The Bertz CT molecular complexity index is 1530. The van der Waals surface area contributed by atoms with Gasteiger partial charge in [-0.05, 0) is 61.0 Å². The van der Waals surface area contributed by atoms with E-state index in [1.165, 1.54) is 18.2 Å². The molecule has 1 amide bonds. The molecule has 4 aromatic rings. The summed E-state index contributed by atoms with van der Waals surface area (Å²) in [4.78, 5) is 25.1. The van der Waals surface area contributed by atoms with Crippen molar-refractivity contribution in [2.24, 2.45) is 0 Å². The van der Waals surface area contributed by atoms with Crippen LogP contribution in [0.4, 0.5) is 11.4 Å². The minimum absolute atomic E-state index is 0.0318. The summed E-state index contributed by atoms with van der Waals surface area (Å²) in [7, 11) is -4.11. The maximum absolute atomic E-state index is 13.5. The molecule has 0 bridgehead atoms. The average Bonchev–Trinajstić information content (AvgIpc) is 3.21. The molecule has 0 radical (unpaired) electrons. The fraction of sp³-hybridized carbons (Fsp3) is 0.120. The largest absolute Gasteiger partial charge is 0.466 e. The highest BCUT2D eigenvalue weighted by atomic mass is 35.5. The van der Waals surface area contributed by atoms with Crippen LogP contribution in [-0.2, 0) is 26.0 Å². The predicted octanol–water partition coefficient (Wildman–Crippen LogP) is 4.47. The first-order valence-corrected chi connectivity index (χ1v) is 12.5. The summed E-state index contributed by atoms with van der Waals surface area (Å²) in [6, 6.07) is 18.7. The Morgan fingerprint density at radius 2 is 1.77 bits per heavy atom. The summed E-state index contributed by atoms with van der Waals surface area (Å²) in [6.07, 6.45) is 0.0383. The molecule has 0 fully saturated rings. The molecule has 0 saturated carbocycles. The molecule has 3 N–H and O–H groups in total. The van der Waals surface area contributed by atoms with Crippen LogP contribution < -0.4 is 11.1 Å². The fourth-order valence-electron chi connectivity index (χ4n) is 3.68. The molecule has 8 nitrogen and oxygen atoms in total. The lowest BCUT2D eigenvalue weighted by molar-refractivity contribution is -0.142. The Labute approximate surface area is 207 Å². The molecule has 0 aliphatic rings. The van der Waals surface area contributed by atoms with Crippen molar-refractivity contribution in [2.75, 3.05) is 17.7 Å². The van der Waals surface area contributed by atoms with Gasteiger partial charge in [0.15, 0.2) is 0 Å². The van der Waals surface area contributed by atoms with E-state index in [0.29, 0.717) is 21.5 Å². The van der Waals surface area contributed by atoms with Crippen molar-refractivity contribution in [3.8, 4) is 0 Å². The van der Waals surface area contributed by atoms with E-state index < -0.39 is 21.9 Å². The van der Waals surface area contributed by atoms with Gasteiger partial charge < -0.3 is 15.8 Å². The molecule has 0 aliphatic heterocycles. The Kier molecular flexibility index (Phi) is 6.81. The zero-order chi connectivity index (χ0) is 25.2. The number of hydrogen-bond donors (Lipinski definition) is 2. The van der Waals surface area contributed by atoms with E-state index in [1.54, 1.807) is 61.5 Å².